The normalized spacial score (nSPS) is 17.3. The second-order valence-electron chi connectivity index (χ2n) is 3.83. The molecule has 4 heteroatoms. The Morgan fingerprint density at radius 1 is 1.65 bits per heavy atom. The SMILES string of the molecule is CCOC(=O)CC1OCc2cc(C#N)ccc21. The number of nitriles is 1. The van der Waals surface area contributed by atoms with Crippen LogP contribution in [0.25, 0.3) is 0 Å². The van der Waals surface area contributed by atoms with Crippen LogP contribution < -0.4 is 0 Å². The molecule has 1 aromatic carbocycles. The minimum atomic E-state index is -0.255. The molecule has 1 aliphatic heterocycles. The highest BCUT2D eigenvalue weighted by Gasteiger charge is 2.26. The van der Waals surface area contributed by atoms with Crippen LogP contribution >= 0.6 is 0 Å². The van der Waals surface area contributed by atoms with E-state index in [9.17, 15) is 4.79 Å². The van der Waals surface area contributed by atoms with Gasteiger partial charge in [0.1, 0.15) is 0 Å². The van der Waals surface area contributed by atoms with Crippen LogP contribution in [0.4, 0.5) is 0 Å². The van der Waals surface area contributed by atoms with Gasteiger partial charge in [-0.1, -0.05) is 6.07 Å². The van der Waals surface area contributed by atoms with Crippen LogP contribution in [0.1, 0.15) is 36.1 Å². The third-order valence-corrected chi connectivity index (χ3v) is 2.72. The zero-order chi connectivity index (χ0) is 12.3. The van der Waals surface area contributed by atoms with Crippen molar-refractivity contribution in [2.24, 2.45) is 0 Å². The largest absolute Gasteiger partial charge is 0.466 e. The van der Waals surface area contributed by atoms with Gasteiger partial charge in [0.25, 0.3) is 0 Å². The van der Waals surface area contributed by atoms with Crippen LogP contribution in [-0.4, -0.2) is 12.6 Å². The topological polar surface area (TPSA) is 59.3 Å². The van der Waals surface area contributed by atoms with Crippen LogP contribution in [0.3, 0.4) is 0 Å². The molecule has 17 heavy (non-hydrogen) atoms. The molecular formula is C13H13NO3. The van der Waals surface area contributed by atoms with Gasteiger partial charge in [-0.2, -0.15) is 5.26 Å². The van der Waals surface area contributed by atoms with Crippen LogP contribution in [0.15, 0.2) is 18.2 Å². The zero-order valence-electron chi connectivity index (χ0n) is 9.60. The number of ether oxygens (including phenoxy) is 2. The van der Waals surface area contributed by atoms with Gasteiger partial charge >= 0.3 is 5.97 Å². The third kappa shape index (κ3) is 2.45. The lowest BCUT2D eigenvalue weighted by atomic mass is 10.0. The molecule has 0 saturated heterocycles. The molecule has 1 unspecified atom stereocenters. The smallest absolute Gasteiger partial charge is 0.308 e. The number of esters is 1. The molecule has 88 valence electrons. The number of carbonyl (C=O) groups excluding carboxylic acids is 1. The monoisotopic (exact) mass is 231 g/mol. The van der Waals surface area contributed by atoms with E-state index in [-0.39, 0.29) is 18.5 Å². The van der Waals surface area contributed by atoms with Gasteiger partial charge in [0, 0.05) is 0 Å². The maximum Gasteiger partial charge on any atom is 0.308 e. The number of rotatable bonds is 3. The average molecular weight is 231 g/mol. The molecule has 0 spiro atoms. The van der Waals surface area contributed by atoms with Gasteiger partial charge in [-0.3, -0.25) is 4.79 Å². The molecule has 1 aromatic rings. The Bertz CT molecular complexity index is 476. The Kier molecular flexibility index (Phi) is 3.40. The first-order valence-electron chi connectivity index (χ1n) is 5.54. The third-order valence-electron chi connectivity index (χ3n) is 2.72. The molecule has 0 amide bonds. The number of fused-ring (bicyclic) bond motifs is 1. The van der Waals surface area contributed by atoms with Gasteiger partial charge in [-0.25, -0.2) is 0 Å². The molecule has 0 radical (unpaired) electrons. The van der Waals surface area contributed by atoms with E-state index in [1.807, 2.05) is 6.07 Å². The fourth-order valence-corrected chi connectivity index (χ4v) is 1.93. The summed E-state index contributed by atoms with van der Waals surface area (Å²) in [4.78, 5) is 11.4. The summed E-state index contributed by atoms with van der Waals surface area (Å²) in [6, 6.07) is 7.49. The number of hydrogen-bond donors (Lipinski definition) is 0. The highest BCUT2D eigenvalue weighted by molar-refractivity contribution is 5.70. The fraction of sp³-hybridized carbons (Fsp3) is 0.385. The van der Waals surface area contributed by atoms with Crippen molar-refractivity contribution in [3.63, 3.8) is 0 Å². The Morgan fingerprint density at radius 3 is 3.18 bits per heavy atom. The molecule has 1 heterocycles. The van der Waals surface area contributed by atoms with Crippen LogP contribution in [0, 0.1) is 11.3 Å². The minimum absolute atomic E-state index is 0.229. The molecule has 0 bridgehead atoms. The molecule has 0 N–H and O–H groups in total. The van der Waals surface area contributed by atoms with Crippen LogP contribution in [-0.2, 0) is 20.9 Å². The summed E-state index contributed by atoms with van der Waals surface area (Å²) in [5.41, 5.74) is 2.58. The fourth-order valence-electron chi connectivity index (χ4n) is 1.93. The molecule has 2 rings (SSSR count). The van der Waals surface area contributed by atoms with E-state index in [0.717, 1.165) is 11.1 Å². The number of carbonyl (C=O) groups is 1. The first kappa shape index (κ1) is 11.6. The highest BCUT2D eigenvalue weighted by Crippen LogP contribution is 2.33. The van der Waals surface area contributed by atoms with Gasteiger partial charge in [0.2, 0.25) is 0 Å². The van der Waals surface area contributed by atoms with Crippen molar-refractivity contribution in [2.75, 3.05) is 6.61 Å². The lowest BCUT2D eigenvalue weighted by Crippen LogP contribution is -2.09. The first-order chi connectivity index (χ1) is 8.24. The zero-order valence-corrected chi connectivity index (χ0v) is 9.60. The quantitative estimate of drug-likeness (QED) is 0.747. The molecule has 1 aliphatic rings. The van der Waals surface area contributed by atoms with Crippen molar-refractivity contribution in [1.29, 1.82) is 5.26 Å². The first-order valence-corrected chi connectivity index (χ1v) is 5.54. The van der Waals surface area contributed by atoms with Crippen molar-refractivity contribution in [2.45, 2.75) is 26.1 Å². The maximum atomic E-state index is 11.4. The van der Waals surface area contributed by atoms with Crippen LogP contribution in [0.2, 0.25) is 0 Å². The van der Waals surface area contributed by atoms with Crippen LogP contribution in [0.5, 0.6) is 0 Å². The Labute approximate surface area is 99.8 Å². The van der Waals surface area contributed by atoms with E-state index in [1.54, 1.807) is 19.1 Å². The van der Waals surface area contributed by atoms with Crippen molar-refractivity contribution in [3.05, 3.63) is 34.9 Å². The number of nitrogens with zero attached hydrogens (tertiary/aromatic N) is 1. The summed E-state index contributed by atoms with van der Waals surface area (Å²) in [6.07, 6.45) is -0.0102. The average Bonchev–Trinajstić information content (AvgIpc) is 2.72. The summed E-state index contributed by atoms with van der Waals surface area (Å²) < 4.78 is 10.4. The van der Waals surface area contributed by atoms with Crippen molar-refractivity contribution in [1.82, 2.24) is 0 Å². The lowest BCUT2D eigenvalue weighted by Gasteiger charge is -2.09. The van der Waals surface area contributed by atoms with Gasteiger partial charge in [-0.15, -0.1) is 0 Å². The molecular weight excluding hydrogens is 218 g/mol. The summed E-state index contributed by atoms with van der Waals surface area (Å²) in [5, 5.41) is 8.79. The molecule has 0 saturated carbocycles. The molecule has 0 fully saturated rings. The molecule has 0 aromatic heterocycles. The second kappa shape index (κ2) is 4.98. The second-order valence-corrected chi connectivity index (χ2v) is 3.83. The van der Waals surface area contributed by atoms with Gasteiger partial charge in [0.15, 0.2) is 0 Å². The number of benzene rings is 1. The summed E-state index contributed by atoms with van der Waals surface area (Å²) in [5.74, 6) is -0.255. The Morgan fingerprint density at radius 2 is 2.47 bits per heavy atom. The summed E-state index contributed by atoms with van der Waals surface area (Å²) >= 11 is 0. The molecule has 4 nitrogen and oxygen atoms in total. The highest BCUT2D eigenvalue weighted by atomic mass is 16.5. The Balaban J connectivity index is 2.12. The van der Waals surface area contributed by atoms with Gasteiger partial charge < -0.3 is 9.47 Å². The van der Waals surface area contributed by atoms with E-state index >= 15 is 0 Å². The molecule has 1 atom stereocenters. The standard InChI is InChI=1S/C13H13NO3/c1-2-16-13(15)6-12-11-4-3-9(7-14)5-10(11)8-17-12/h3-5,12H,2,6,8H2,1H3. The minimum Gasteiger partial charge on any atom is -0.466 e. The summed E-state index contributed by atoms with van der Waals surface area (Å²) in [6.45, 7) is 2.61. The van der Waals surface area contributed by atoms with E-state index < -0.39 is 0 Å². The van der Waals surface area contributed by atoms with Crippen molar-refractivity contribution in [3.8, 4) is 6.07 Å². The van der Waals surface area contributed by atoms with E-state index in [4.69, 9.17) is 14.7 Å². The van der Waals surface area contributed by atoms with Crippen molar-refractivity contribution >= 4 is 5.97 Å². The predicted molar refractivity (Wildman–Crippen MR) is 59.9 cm³/mol. The predicted octanol–water partition coefficient (Wildman–Crippen LogP) is 2.08. The van der Waals surface area contributed by atoms with E-state index in [0.29, 0.717) is 18.8 Å². The lowest BCUT2D eigenvalue weighted by molar-refractivity contribution is -0.146. The number of hydrogen-bond acceptors (Lipinski definition) is 4. The Hall–Kier alpha value is -1.86. The van der Waals surface area contributed by atoms with E-state index in [2.05, 4.69) is 6.07 Å². The summed E-state index contributed by atoms with van der Waals surface area (Å²) in [7, 11) is 0. The van der Waals surface area contributed by atoms with Gasteiger partial charge in [-0.05, 0) is 30.2 Å². The maximum absolute atomic E-state index is 11.4. The van der Waals surface area contributed by atoms with E-state index in [1.165, 1.54) is 0 Å². The van der Waals surface area contributed by atoms with Crippen molar-refractivity contribution < 1.29 is 14.3 Å². The molecule has 0 aliphatic carbocycles. The van der Waals surface area contributed by atoms with Gasteiger partial charge in [0.05, 0.1) is 37.4 Å².